The van der Waals surface area contributed by atoms with E-state index in [9.17, 15) is 14.7 Å². The lowest BCUT2D eigenvalue weighted by molar-refractivity contribution is -0.135. The van der Waals surface area contributed by atoms with Gasteiger partial charge in [-0.3, -0.25) is 14.2 Å². The molecule has 5 N–H and O–H groups in total. The Kier molecular flexibility index (Phi) is 8.12. The van der Waals surface area contributed by atoms with Gasteiger partial charge in [0.05, 0.1) is 12.4 Å². The van der Waals surface area contributed by atoms with Gasteiger partial charge in [0.25, 0.3) is 11.8 Å². The number of likely N-dealkylation sites (N-methyl/N-ethyl adjacent to an activating group) is 1. The number of halogens is 1. The highest BCUT2D eigenvalue weighted by Crippen LogP contribution is 2.32. The molecule has 39 heavy (non-hydrogen) atoms. The number of ether oxygens (including phenoxy) is 2. The summed E-state index contributed by atoms with van der Waals surface area (Å²) in [7, 11) is 1.47. The van der Waals surface area contributed by atoms with Gasteiger partial charge >= 0.3 is 0 Å². The lowest BCUT2D eigenvalue weighted by Gasteiger charge is -2.26. The molecule has 14 heteroatoms. The number of nitrogens with zero attached hydrogens (tertiary/aromatic N) is 5. The zero-order valence-corrected chi connectivity index (χ0v) is 22.2. The Balaban J connectivity index is 1.31. The largest absolute Gasteiger partial charge is 0.483 e. The van der Waals surface area contributed by atoms with Gasteiger partial charge in [-0.2, -0.15) is 0 Å². The first-order valence-corrected chi connectivity index (χ1v) is 13.2. The third-order valence-electron chi connectivity index (χ3n) is 6.99. The van der Waals surface area contributed by atoms with Crippen molar-refractivity contribution in [3.8, 4) is 5.75 Å². The van der Waals surface area contributed by atoms with E-state index in [2.05, 4.69) is 25.6 Å². The molecule has 2 aliphatic rings. The van der Waals surface area contributed by atoms with Crippen LogP contribution in [0.1, 0.15) is 31.1 Å². The van der Waals surface area contributed by atoms with E-state index in [1.807, 2.05) is 4.90 Å². The minimum Gasteiger partial charge on any atom is -0.483 e. The van der Waals surface area contributed by atoms with E-state index in [0.717, 1.165) is 37.9 Å². The van der Waals surface area contributed by atoms with Gasteiger partial charge in [-0.15, -0.1) is 0 Å². The Morgan fingerprint density at radius 3 is 2.79 bits per heavy atom. The van der Waals surface area contributed by atoms with Crippen molar-refractivity contribution in [2.45, 2.75) is 50.3 Å². The molecular formula is C25H31ClN8O5. The highest BCUT2D eigenvalue weighted by atomic mass is 35.5. The van der Waals surface area contributed by atoms with Gasteiger partial charge in [-0.25, -0.2) is 15.0 Å². The fourth-order valence-corrected chi connectivity index (χ4v) is 5.04. The molecule has 0 radical (unpaired) electrons. The molecule has 2 saturated heterocycles. The number of amides is 2. The quantitative estimate of drug-likeness (QED) is 0.310. The first-order chi connectivity index (χ1) is 18.9. The molecule has 2 aromatic heterocycles. The number of nitrogens with one attached hydrogen (secondary N) is 2. The van der Waals surface area contributed by atoms with Gasteiger partial charge in [-0.05, 0) is 37.5 Å². The van der Waals surface area contributed by atoms with Crippen molar-refractivity contribution in [1.29, 1.82) is 0 Å². The Bertz CT molecular complexity index is 1350. The number of benzene rings is 1. The molecule has 13 nitrogen and oxygen atoms in total. The third-order valence-corrected chi connectivity index (χ3v) is 7.22. The maximum Gasteiger partial charge on any atom is 0.260 e. The molecule has 2 fully saturated rings. The van der Waals surface area contributed by atoms with Crippen molar-refractivity contribution in [2.75, 3.05) is 32.1 Å². The lowest BCUT2D eigenvalue weighted by atomic mass is 10.1. The van der Waals surface area contributed by atoms with Crippen molar-refractivity contribution in [3.63, 3.8) is 0 Å². The highest BCUT2D eigenvalue weighted by Gasteiger charge is 2.46. The number of anilines is 1. The van der Waals surface area contributed by atoms with Crippen molar-refractivity contribution < 1.29 is 24.2 Å². The SMILES string of the molecule is CNC(=O)[C@H]1O[C@@H](n2cnc3c(NCc4cc(Cl)ccc4OCC(=O)N4CCCCC4)ncnc32)[C@H](O)[C@@H]1N. The molecule has 2 aliphatic heterocycles. The van der Waals surface area contributed by atoms with Gasteiger partial charge in [0.2, 0.25) is 0 Å². The molecule has 0 aliphatic carbocycles. The van der Waals surface area contributed by atoms with Crippen LogP contribution in [0.3, 0.4) is 0 Å². The standard InChI is InChI=1S/C25H31ClN8O5/c1-28-24(37)21-18(27)20(36)25(39-21)34-13-32-19-22(30-12-31-23(19)34)29-10-14-9-15(26)5-6-16(14)38-11-17(35)33-7-3-2-4-8-33/h5-6,9,12-13,18,20-21,25,36H,2-4,7-8,10-11,27H2,1H3,(H,28,37)(H,29,30,31)/t18-,20+,21-,25+/m0/s1. The molecule has 2 amide bonds. The number of likely N-dealkylation sites (tertiary alicyclic amines) is 1. The number of hydrogen-bond donors (Lipinski definition) is 4. The van der Waals surface area contributed by atoms with Crippen molar-refractivity contribution in [1.82, 2.24) is 29.7 Å². The average molecular weight is 559 g/mol. The number of aliphatic hydroxyl groups is 1. The second-order valence-electron chi connectivity index (χ2n) is 9.51. The van der Waals surface area contributed by atoms with Crippen LogP contribution in [0.25, 0.3) is 11.2 Å². The van der Waals surface area contributed by atoms with Crippen LogP contribution in [-0.4, -0.2) is 86.3 Å². The highest BCUT2D eigenvalue weighted by molar-refractivity contribution is 6.30. The van der Waals surface area contributed by atoms with E-state index in [1.165, 1.54) is 24.3 Å². The van der Waals surface area contributed by atoms with E-state index in [4.69, 9.17) is 26.8 Å². The summed E-state index contributed by atoms with van der Waals surface area (Å²) in [5.41, 5.74) is 7.57. The monoisotopic (exact) mass is 558 g/mol. The number of aromatic nitrogens is 4. The Hall–Kier alpha value is -3.52. The Morgan fingerprint density at radius 2 is 2.03 bits per heavy atom. The smallest absolute Gasteiger partial charge is 0.260 e. The number of rotatable bonds is 8. The molecule has 5 rings (SSSR count). The number of carbonyl (C=O) groups excluding carboxylic acids is 2. The number of hydrogen-bond acceptors (Lipinski definition) is 10. The second-order valence-corrected chi connectivity index (χ2v) is 9.95. The van der Waals surface area contributed by atoms with Crippen LogP contribution in [0.15, 0.2) is 30.9 Å². The maximum absolute atomic E-state index is 12.6. The number of aliphatic hydroxyl groups excluding tert-OH is 1. The van der Waals surface area contributed by atoms with E-state index in [1.54, 1.807) is 18.2 Å². The van der Waals surface area contributed by atoms with E-state index >= 15 is 0 Å². The molecule has 0 spiro atoms. The van der Waals surface area contributed by atoms with Crippen LogP contribution in [0.5, 0.6) is 5.75 Å². The zero-order valence-electron chi connectivity index (χ0n) is 21.4. The normalized spacial score (nSPS) is 23.1. The summed E-state index contributed by atoms with van der Waals surface area (Å²) in [4.78, 5) is 39.6. The summed E-state index contributed by atoms with van der Waals surface area (Å²) in [6.07, 6.45) is 2.84. The molecule has 4 heterocycles. The van der Waals surface area contributed by atoms with Crippen LogP contribution in [0, 0.1) is 0 Å². The Labute approximate surface area is 229 Å². The summed E-state index contributed by atoms with van der Waals surface area (Å²) >= 11 is 6.25. The third kappa shape index (κ3) is 5.62. The maximum atomic E-state index is 12.6. The molecule has 208 valence electrons. The van der Waals surface area contributed by atoms with Crippen LogP contribution in [0.2, 0.25) is 5.02 Å². The van der Waals surface area contributed by atoms with Gasteiger partial charge in [0.15, 0.2) is 35.9 Å². The predicted molar refractivity (Wildman–Crippen MR) is 142 cm³/mol. The van der Waals surface area contributed by atoms with Crippen molar-refractivity contribution in [2.24, 2.45) is 5.73 Å². The summed E-state index contributed by atoms with van der Waals surface area (Å²) in [6, 6.07) is 4.28. The summed E-state index contributed by atoms with van der Waals surface area (Å²) in [6.45, 7) is 1.74. The van der Waals surface area contributed by atoms with Gasteiger partial charge < -0.3 is 35.8 Å². The first-order valence-electron chi connectivity index (χ1n) is 12.8. The molecule has 4 atom stereocenters. The van der Waals surface area contributed by atoms with Gasteiger partial charge in [-0.1, -0.05) is 11.6 Å². The lowest BCUT2D eigenvalue weighted by Crippen LogP contribution is -2.46. The summed E-state index contributed by atoms with van der Waals surface area (Å²) in [5, 5.41) is 16.9. The topological polar surface area (TPSA) is 170 Å². The minimum absolute atomic E-state index is 0.0405. The Morgan fingerprint density at radius 1 is 1.23 bits per heavy atom. The van der Waals surface area contributed by atoms with Gasteiger partial charge in [0, 0.05) is 37.3 Å². The molecule has 0 bridgehead atoms. The van der Waals surface area contributed by atoms with Crippen molar-refractivity contribution >= 4 is 40.4 Å². The fourth-order valence-electron chi connectivity index (χ4n) is 4.85. The van der Waals surface area contributed by atoms with Gasteiger partial charge in [0.1, 0.15) is 18.2 Å². The fraction of sp³-hybridized carbons (Fsp3) is 0.480. The number of nitrogens with two attached hydrogens (primary N) is 1. The molecular weight excluding hydrogens is 528 g/mol. The number of imidazole rings is 1. The van der Waals surface area contributed by atoms with Crippen LogP contribution < -0.4 is 21.1 Å². The van der Waals surface area contributed by atoms with Crippen LogP contribution in [0.4, 0.5) is 5.82 Å². The number of carbonyl (C=O) groups is 2. The first kappa shape index (κ1) is 27.1. The van der Waals surface area contributed by atoms with Crippen molar-refractivity contribution in [3.05, 3.63) is 41.4 Å². The number of piperidine rings is 1. The summed E-state index contributed by atoms with van der Waals surface area (Å²) in [5.74, 6) is 0.488. The molecule has 0 unspecified atom stereocenters. The molecule has 3 aromatic rings. The predicted octanol–water partition coefficient (Wildman–Crippen LogP) is 0.815. The molecule has 0 saturated carbocycles. The molecule has 1 aromatic carbocycles. The van der Waals surface area contributed by atoms with E-state index in [-0.39, 0.29) is 19.1 Å². The van der Waals surface area contributed by atoms with Crippen LogP contribution in [-0.2, 0) is 20.9 Å². The van der Waals surface area contributed by atoms with E-state index in [0.29, 0.717) is 27.8 Å². The zero-order chi connectivity index (χ0) is 27.5. The van der Waals surface area contributed by atoms with E-state index < -0.39 is 30.4 Å². The second kappa shape index (κ2) is 11.7. The minimum atomic E-state index is -1.16. The summed E-state index contributed by atoms with van der Waals surface area (Å²) < 4.78 is 13.2. The average Bonchev–Trinajstić information content (AvgIpc) is 3.52. The number of fused-ring (bicyclic) bond motifs is 1. The van der Waals surface area contributed by atoms with Crippen LogP contribution >= 0.6 is 11.6 Å².